The molecule has 0 heterocycles. The van der Waals surface area contributed by atoms with Gasteiger partial charge in [0.1, 0.15) is 11.5 Å². The van der Waals surface area contributed by atoms with E-state index < -0.39 is 10.0 Å². The van der Waals surface area contributed by atoms with Crippen LogP contribution in [-0.2, 0) is 10.0 Å². The van der Waals surface area contributed by atoms with Crippen LogP contribution in [-0.4, -0.2) is 57.4 Å². The molecule has 1 atom stereocenters. The van der Waals surface area contributed by atoms with Gasteiger partial charge in [-0.15, -0.1) is 0 Å². The molecule has 0 aromatic heterocycles. The number of para-hydroxylation sites is 1. The summed E-state index contributed by atoms with van der Waals surface area (Å²) in [4.78, 5) is 8.71. The number of allylic oxidation sites excluding steroid dienone is 4. The fraction of sp³-hybridized carbons (Fsp3) is 0.280. The number of hydrogen-bond donors (Lipinski definition) is 4. The van der Waals surface area contributed by atoms with E-state index in [0.29, 0.717) is 38.5 Å². The van der Waals surface area contributed by atoms with E-state index in [1.807, 2.05) is 32.7 Å². The third kappa shape index (κ3) is 9.17. The molecule has 194 valence electrons. The van der Waals surface area contributed by atoms with Gasteiger partial charge in [-0.25, -0.2) is 13.1 Å². The van der Waals surface area contributed by atoms with Crippen LogP contribution in [0.15, 0.2) is 79.3 Å². The second kappa shape index (κ2) is 14.3. The highest BCUT2D eigenvalue weighted by molar-refractivity contribution is 9.12. The van der Waals surface area contributed by atoms with Crippen molar-refractivity contribution in [2.24, 2.45) is 9.98 Å². The molecule has 0 amide bonds. The Balaban J connectivity index is 2.07. The molecule has 0 fully saturated rings. The zero-order chi connectivity index (χ0) is 26.7. The maximum atomic E-state index is 12.6. The Morgan fingerprint density at radius 2 is 1.86 bits per heavy atom. The number of sulfonamides is 1. The molecule has 11 heteroatoms. The van der Waals surface area contributed by atoms with Crippen molar-refractivity contribution in [3.8, 4) is 11.5 Å². The average molecular weight is 596 g/mol. The molecule has 1 unspecified atom stereocenters. The zero-order valence-corrected chi connectivity index (χ0v) is 24.1. The lowest BCUT2D eigenvalue weighted by Gasteiger charge is -2.11. The second-order valence-corrected chi connectivity index (χ2v) is 11.5. The van der Waals surface area contributed by atoms with Gasteiger partial charge in [0.2, 0.25) is 10.0 Å². The van der Waals surface area contributed by atoms with Crippen molar-refractivity contribution in [3.05, 3.63) is 70.0 Å². The monoisotopic (exact) mass is 594 g/mol. The summed E-state index contributed by atoms with van der Waals surface area (Å²) in [6.45, 7) is 6.38. The van der Waals surface area contributed by atoms with Crippen molar-refractivity contribution < 1.29 is 18.6 Å². The minimum Gasteiger partial charge on any atom is -0.508 e. The maximum Gasteiger partial charge on any atom is 0.240 e. The number of phenolic OH excluding ortho intramolecular Hbond substituents is 2. The number of halogens is 1. The van der Waals surface area contributed by atoms with Crippen LogP contribution < -0.4 is 15.3 Å². The second-order valence-electron chi connectivity index (χ2n) is 7.81. The number of nitrogens with one attached hydrogen (secondary N) is 2. The van der Waals surface area contributed by atoms with Gasteiger partial charge in [0, 0.05) is 37.6 Å². The molecule has 0 bridgehead atoms. The lowest BCUT2D eigenvalue weighted by Crippen LogP contribution is -2.27. The van der Waals surface area contributed by atoms with Gasteiger partial charge in [0.15, 0.2) is 0 Å². The van der Waals surface area contributed by atoms with Gasteiger partial charge in [0.25, 0.3) is 0 Å². The Hall–Kier alpha value is -2.52. The molecule has 0 aliphatic carbocycles. The van der Waals surface area contributed by atoms with Crippen molar-refractivity contribution in [1.82, 2.24) is 10.0 Å². The molecular weight excluding hydrogens is 563 g/mol. The Morgan fingerprint density at radius 1 is 1.14 bits per heavy atom. The molecule has 2 aromatic carbocycles. The first-order chi connectivity index (χ1) is 17.1. The summed E-state index contributed by atoms with van der Waals surface area (Å²) in [5.74, 6) is 0.0483. The van der Waals surface area contributed by atoms with Crippen LogP contribution in [0.5, 0.6) is 11.5 Å². The summed E-state index contributed by atoms with van der Waals surface area (Å²) in [5.41, 5.74) is 2.64. The van der Waals surface area contributed by atoms with E-state index in [4.69, 9.17) is 0 Å². The van der Waals surface area contributed by atoms with Gasteiger partial charge in [-0.05, 0) is 84.6 Å². The molecule has 36 heavy (non-hydrogen) atoms. The Bertz CT molecular complexity index is 1290. The minimum atomic E-state index is -3.72. The lowest BCUT2D eigenvalue weighted by molar-refractivity contribution is 0.473. The maximum absolute atomic E-state index is 12.6. The predicted molar refractivity (Wildman–Crippen MR) is 154 cm³/mol. The average Bonchev–Trinajstić information content (AvgIpc) is 2.83. The zero-order valence-electron chi connectivity index (χ0n) is 20.7. The van der Waals surface area contributed by atoms with Gasteiger partial charge in [-0.1, -0.05) is 20.7 Å². The normalized spacial score (nSPS) is 14.0. The minimum absolute atomic E-state index is 0.0575. The van der Waals surface area contributed by atoms with E-state index in [1.165, 1.54) is 6.07 Å². The van der Waals surface area contributed by atoms with Gasteiger partial charge in [0.05, 0.1) is 20.8 Å². The summed E-state index contributed by atoms with van der Waals surface area (Å²) in [7, 11) is -1.67. The van der Waals surface area contributed by atoms with Gasteiger partial charge in [-0.3, -0.25) is 9.98 Å². The van der Waals surface area contributed by atoms with Crippen molar-refractivity contribution in [3.63, 3.8) is 0 Å². The highest BCUT2D eigenvalue weighted by Crippen LogP contribution is 2.21. The smallest absolute Gasteiger partial charge is 0.240 e. The fourth-order valence-electron chi connectivity index (χ4n) is 3.10. The van der Waals surface area contributed by atoms with Crippen molar-refractivity contribution in [2.45, 2.75) is 25.2 Å². The molecule has 0 radical (unpaired) electrons. The first-order valence-corrected chi connectivity index (χ1v) is 14.9. The van der Waals surface area contributed by atoms with E-state index in [0.717, 1.165) is 15.5 Å². The molecule has 0 aliphatic rings. The number of rotatable bonds is 12. The van der Waals surface area contributed by atoms with Gasteiger partial charge >= 0.3 is 0 Å². The molecule has 0 aliphatic heterocycles. The van der Waals surface area contributed by atoms with Crippen LogP contribution in [0.2, 0.25) is 0 Å². The standard InChI is InChI=1S/C25H32BrN4O4PS/c1-17(12-24(22-8-5-6-9-25(22)32)30-18(2)23(26)16-27-3)28-10-7-11-29-36(33,34)21-14-19(31)13-20(15-21)35-4/h5-6,8-9,12-16,28-29,31-32,35H,7,10-11H2,1-4H3/b17-12+,23-18-,27-16?,30-24+. The van der Waals surface area contributed by atoms with Crippen molar-refractivity contribution >= 4 is 51.8 Å². The third-order valence-corrected chi connectivity index (χ3v) is 8.03. The molecule has 4 N–H and O–H groups in total. The number of benzene rings is 2. The van der Waals surface area contributed by atoms with Crippen LogP contribution in [0.4, 0.5) is 0 Å². The van der Waals surface area contributed by atoms with E-state index in [9.17, 15) is 18.6 Å². The molecular formula is C25H32BrN4O4PS. The van der Waals surface area contributed by atoms with Crippen LogP contribution >= 0.6 is 24.5 Å². The molecule has 0 spiro atoms. The largest absolute Gasteiger partial charge is 0.508 e. The Morgan fingerprint density at radius 3 is 2.53 bits per heavy atom. The number of nitrogens with zero attached hydrogens (tertiary/aromatic N) is 2. The summed E-state index contributed by atoms with van der Waals surface area (Å²) in [6, 6.07) is 11.3. The Labute approximate surface area is 223 Å². The first kappa shape index (κ1) is 29.7. The third-order valence-electron chi connectivity index (χ3n) is 4.95. The van der Waals surface area contributed by atoms with E-state index >= 15 is 0 Å². The highest BCUT2D eigenvalue weighted by atomic mass is 79.9. The SMILES string of the molecule is CN=C/C(Br)=C(C)/N=C(\C=C(/C)NCCCNS(=O)(=O)c1cc(O)cc(PC)c1)c1ccccc1O. The topological polar surface area (TPSA) is 123 Å². The number of phenols is 2. The number of aliphatic imine (C=N–C) groups is 2. The van der Waals surface area contributed by atoms with E-state index in [-0.39, 0.29) is 22.9 Å². The number of aromatic hydroxyl groups is 2. The first-order valence-electron chi connectivity index (χ1n) is 11.2. The van der Waals surface area contributed by atoms with Crippen molar-refractivity contribution in [1.29, 1.82) is 0 Å². The molecule has 0 saturated carbocycles. The quantitative estimate of drug-likeness (QED) is 0.168. The Kier molecular flexibility index (Phi) is 11.8. The molecule has 2 aromatic rings. The lowest BCUT2D eigenvalue weighted by atomic mass is 10.1. The number of hydrogen-bond acceptors (Lipinski definition) is 7. The van der Waals surface area contributed by atoms with Crippen molar-refractivity contribution in [2.75, 3.05) is 26.8 Å². The van der Waals surface area contributed by atoms with Crippen LogP contribution in [0.1, 0.15) is 25.8 Å². The van der Waals surface area contributed by atoms with Crippen LogP contribution in [0, 0.1) is 0 Å². The van der Waals surface area contributed by atoms with Crippen LogP contribution in [0.25, 0.3) is 0 Å². The summed E-state index contributed by atoms with van der Waals surface area (Å²) in [6.07, 6.45) is 4.01. The molecule has 0 saturated heterocycles. The predicted octanol–water partition coefficient (Wildman–Crippen LogP) is 4.01. The van der Waals surface area contributed by atoms with Crippen LogP contribution in [0.3, 0.4) is 0 Å². The summed E-state index contributed by atoms with van der Waals surface area (Å²) >= 11 is 3.45. The van der Waals surface area contributed by atoms with Gasteiger partial charge in [-0.2, -0.15) is 0 Å². The van der Waals surface area contributed by atoms with E-state index in [2.05, 4.69) is 36.0 Å². The molecule has 8 nitrogen and oxygen atoms in total. The highest BCUT2D eigenvalue weighted by Gasteiger charge is 2.15. The van der Waals surface area contributed by atoms with E-state index in [1.54, 1.807) is 43.6 Å². The summed E-state index contributed by atoms with van der Waals surface area (Å²) in [5, 5.41) is 24.2. The molecule has 2 rings (SSSR count). The van der Waals surface area contributed by atoms with Gasteiger partial charge < -0.3 is 15.5 Å². The summed E-state index contributed by atoms with van der Waals surface area (Å²) < 4.78 is 28.5. The fourth-order valence-corrected chi connectivity index (χ4v) is 5.23.